The van der Waals surface area contributed by atoms with Gasteiger partial charge in [0.15, 0.2) is 0 Å². The predicted octanol–water partition coefficient (Wildman–Crippen LogP) is 7.52. The number of rotatable bonds is 4. The van der Waals surface area contributed by atoms with Crippen molar-refractivity contribution in [1.29, 1.82) is 0 Å². The van der Waals surface area contributed by atoms with Crippen LogP contribution in [-0.4, -0.2) is 12.9 Å². The van der Waals surface area contributed by atoms with Gasteiger partial charge in [0.25, 0.3) is 0 Å². The molecule has 0 aliphatic rings. The van der Waals surface area contributed by atoms with Gasteiger partial charge in [0, 0.05) is 34.0 Å². The van der Waals surface area contributed by atoms with Crippen molar-refractivity contribution < 1.29 is 4.43 Å². The maximum Gasteiger partial charge on any atom is 0.250 e. The van der Waals surface area contributed by atoms with Crippen molar-refractivity contribution in [1.82, 2.24) is 4.57 Å². The number of nitrogens with one attached hydrogen (secondary N) is 1. The van der Waals surface area contributed by atoms with E-state index in [1.54, 1.807) is 0 Å². The van der Waals surface area contributed by atoms with Crippen LogP contribution in [0.4, 0.5) is 11.4 Å². The molecule has 1 aromatic heterocycles. The Morgan fingerprint density at radius 2 is 1.43 bits per heavy atom. The number of nitrogens with zero attached hydrogens (tertiary/aromatic N) is 1. The summed E-state index contributed by atoms with van der Waals surface area (Å²) < 4.78 is 8.69. The Bertz CT molecular complexity index is 957. The summed E-state index contributed by atoms with van der Waals surface area (Å²) in [5.41, 5.74) is 3.50. The van der Waals surface area contributed by atoms with E-state index >= 15 is 0 Å². The minimum atomic E-state index is -1.80. The molecule has 1 N–H and O–H groups in total. The van der Waals surface area contributed by atoms with Crippen LogP contribution in [0.1, 0.15) is 41.5 Å². The van der Waals surface area contributed by atoms with Crippen molar-refractivity contribution in [2.45, 2.75) is 65.2 Å². The lowest BCUT2D eigenvalue weighted by Crippen LogP contribution is -2.43. The summed E-state index contributed by atoms with van der Waals surface area (Å²) in [5.74, 6) is 0.954. The van der Waals surface area contributed by atoms with Gasteiger partial charge in [-0.1, -0.05) is 20.8 Å². The molecule has 0 amide bonds. The van der Waals surface area contributed by atoms with Crippen LogP contribution in [0.15, 0.2) is 54.7 Å². The number of benzene rings is 2. The number of fused-ring (bicyclic) bond motifs is 1. The van der Waals surface area contributed by atoms with Crippen LogP contribution in [0.5, 0.6) is 5.75 Å². The van der Waals surface area contributed by atoms with Crippen molar-refractivity contribution in [3.63, 3.8) is 0 Å². The van der Waals surface area contributed by atoms with Crippen molar-refractivity contribution in [2.24, 2.45) is 0 Å². The minimum absolute atomic E-state index is 0.0800. The van der Waals surface area contributed by atoms with Crippen LogP contribution in [0, 0.1) is 0 Å². The lowest BCUT2D eigenvalue weighted by molar-refractivity contribution is 0.411. The molecule has 0 spiro atoms. The maximum absolute atomic E-state index is 6.37. The van der Waals surface area contributed by atoms with E-state index in [0.717, 1.165) is 17.1 Å². The Hall–Kier alpha value is -2.20. The molecule has 150 valence electrons. The zero-order chi connectivity index (χ0) is 20.7. The molecule has 4 heteroatoms. The first kappa shape index (κ1) is 20.5. The average molecular weight is 395 g/mol. The van der Waals surface area contributed by atoms with Gasteiger partial charge in [-0.3, -0.25) is 0 Å². The highest BCUT2D eigenvalue weighted by molar-refractivity contribution is 6.74. The highest BCUT2D eigenvalue weighted by Gasteiger charge is 2.38. The smallest absolute Gasteiger partial charge is 0.250 e. The fourth-order valence-corrected chi connectivity index (χ4v) is 4.06. The largest absolute Gasteiger partial charge is 0.544 e. The fraction of sp³-hybridized carbons (Fsp3) is 0.417. The van der Waals surface area contributed by atoms with Gasteiger partial charge in [0.05, 0.1) is 0 Å². The van der Waals surface area contributed by atoms with Crippen molar-refractivity contribution >= 4 is 30.6 Å². The number of anilines is 2. The maximum atomic E-state index is 6.37. The van der Waals surface area contributed by atoms with Crippen LogP contribution in [0.3, 0.4) is 0 Å². The second-order valence-electron chi connectivity index (χ2n) is 10.1. The third kappa shape index (κ3) is 4.27. The number of hydrogen-bond donors (Lipinski definition) is 1. The Balaban J connectivity index is 1.76. The Kier molecular flexibility index (Phi) is 5.13. The lowest BCUT2D eigenvalue weighted by Gasteiger charge is -2.36. The standard InChI is InChI=1S/C24H34N2OSi/c1-23(2,3)26-16-15-18-17-20(11-14-22(18)26)25-19-9-12-21(13-10-19)27-28(7,8)24(4,5)6/h9-17,25H,1-8H3. The normalized spacial score (nSPS) is 13.0. The third-order valence-electron chi connectivity index (χ3n) is 5.74. The highest BCUT2D eigenvalue weighted by atomic mass is 28.4. The van der Waals surface area contributed by atoms with Gasteiger partial charge in [-0.15, -0.1) is 0 Å². The molecule has 0 unspecified atom stereocenters. The number of hydrogen-bond acceptors (Lipinski definition) is 2. The lowest BCUT2D eigenvalue weighted by atomic mass is 10.1. The van der Waals surface area contributed by atoms with Gasteiger partial charge in [-0.05, 0) is 87.4 Å². The van der Waals surface area contributed by atoms with E-state index in [2.05, 4.69) is 119 Å². The first-order chi connectivity index (χ1) is 12.9. The first-order valence-corrected chi connectivity index (χ1v) is 13.0. The van der Waals surface area contributed by atoms with Gasteiger partial charge in [0.1, 0.15) is 5.75 Å². The van der Waals surface area contributed by atoms with Gasteiger partial charge in [0.2, 0.25) is 8.32 Å². The monoisotopic (exact) mass is 394 g/mol. The summed E-state index contributed by atoms with van der Waals surface area (Å²) in [5, 5.41) is 4.96. The van der Waals surface area contributed by atoms with Crippen LogP contribution >= 0.6 is 0 Å². The third-order valence-corrected chi connectivity index (χ3v) is 10.1. The highest BCUT2D eigenvalue weighted by Crippen LogP contribution is 2.37. The zero-order valence-electron chi connectivity index (χ0n) is 18.6. The molecule has 2 aromatic carbocycles. The van der Waals surface area contributed by atoms with Gasteiger partial charge >= 0.3 is 0 Å². The van der Waals surface area contributed by atoms with E-state index in [0.29, 0.717) is 0 Å². The van der Waals surface area contributed by atoms with Crippen molar-refractivity contribution in [3.05, 3.63) is 54.7 Å². The van der Waals surface area contributed by atoms with Gasteiger partial charge in [-0.2, -0.15) is 0 Å². The molecule has 3 nitrogen and oxygen atoms in total. The first-order valence-electron chi connectivity index (χ1n) is 10.0. The van der Waals surface area contributed by atoms with Gasteiger partial charge in [-0.25, -0.2) is 0 Å². The van der Waals surface area contributed by atoms with E-state index in [1.807, 2.05) is 0 Å². The molecule has 3 aromatic rings. The predicted molar refractivity (Wildman–Crippen MR) is 124 cm³/mol. The molecule has 0 atom stereocenters. The summed E-state index contributed by atoms with van der Waals surface area (Å²) in [4.78, 5) is 0. The van der Waals surface area contributed by atoms with Gasteiger partial charge < -0.3 is 14.3 Å². The van der Waals surface area contributed by atoms with E-state index in [1.165, 1.54) is 10.9 Å². The summed E-state index contributed by atoms with van der Waals surface area (Å²) in [6.45, 7) is 18.0. The molecule has 0 bridgehead atoms. The molecule has 0 radical (unpaired) electrons. The Labute approximate surface area is 170 Å². The molecule has 0 fully saturated rings. The molecular formula is C24H34N2OSi. The molecule has 0 aliphatic heterocycles. The Morgan fingerprint density at radius 1 is 0.821 bits per heavy atom. The second kappa shape index (κ2) is 7.00. The van der Waals surface area contributed by atoms with Crippen LogP contribution in [0.25, 0.3) is 10.9 Å². The van der Waals surface area contributed by atoms with E-state index in [9.17, 15) is 0 Å². The molecule has 3 rings (SSSR count). The summed E-state index contributed by atoms with van der Waals surface area (Å²) in [6, 6.07) is 17.0. The fourth-order valence-electron chi connectivity index (χ4n) is 3.03. The molecule has 1 heterocycles. The minimum Gasteiger partial charge on any atom is -0.544 e. The van der Waals surface area contributed by atoms with Crippen molar-refractivity contribution in [2.75, 3.05) is 5.32 Å². The topological polar surface area (TPSA) is 26.2 Å². The average Bonchev–Trinajstić information content (AvgIpc) is 2.99. The van der Waals surface area contributed by atoms with E-state index in [4.69, 9.17) is 4.43 Å². The quantitative estimate of drug-likeness (QED) is 0.463. The van der Waals surface area contributed by atoms with Crippen LogP contribution in [0.2, 0.25) is 18.1 Å². The molecule has 0 saturated carbocycles. The second-order valence-corrected chi connectivity index (χ2v) is 14.9. The van der Waals surface area contributed by atoms with Crippen LogP contribution < -0.4 is 9.74 Å². The number of aromatic nitrogens is 1. The Morgan fingerprint density at radius 3 is 2.00 bits per heavy atom. The molecule has 0 aliphatic carbocycles. The van der Waals surface area contributed by atoms with Crippen LogP contribution in [-0.2, 0) is 5.54 Å². The molecular weight excluding hydrogens is 360 g/mol. The molecule has 0 saturated heterocycles. The van der Waals surface area contributed by atoms with E-state index < -0.39 is 8.32 Å². The molecule has 28 heavy (non-hydrogen) atoms. The summed E-state index contributed by atoms with van der Waals surface area (Å²) in [7, 11) is -1.80. The zero-order valence-corrected chi connectivity index (χ0v) is 19.6. The summed E-state index contributed by atoms with van der Waals surface area (Å²) in [6.07, 6.45) is 2.17. The summed E-state index contributed by atoms with van der Waals surface area (Å²) >= 11 is 0. The van der Waals surface area contributed by atoms with Crippen molar-refractivity contribution in [3.8, 4) is 5.75 Å². The SMILES string of the molecule is CC(C)(C)n1ccc2cc(Nc3ccc(O[Si](C)(C)C(C)(C)C)cc3)ccc21. The van der Waals surface area contributed by atoms with E-state index in [-0.39, 0.29) is 10.6 Å².